The van der Waals surface area contributed by atoms with Gasteiger partial charge >= 0.3 is 0 Å². The highest BCUT2D eigenvalue weighted by Crippen LogP contribution is 2.43. The van der Waals surface area contributed by atoms with Gasteiger partial charge in [0.05, 0.1) is 7.11 Å². The molecule has 5 nitrogen and oxygen atoms in total. The molecule has 2 atom stereocenters. The summed E-state index contributed by atoms with van der Waals surface area (Å²) in [6.45, 7) is 1.81. The molecule has 1 fully saturated rings. The minimum Gasteiger partial charge on any atom is -0.496 e. The number of nitrogens with two attached hydrogens (primary N) is 1. The topological polar surface area (TPSA) is 81.4 Å². The van der Waals surface area contributed by atoms with Crippen LogP contribution in [0.2, 0.25) is 0 Å². The number of nitrogens with one attached hydrogen (secondary N) is 1. The second-order valence-electron chi connectivity index (χ2n) is 7.44. The van der Waals surface area contributed by atoms with Gasteiger partial charge in [-0.3, -0.25) is 9.59 Å². The van der Waals surface area contributed by atoms with Crippen molar-refractivity contribution in [2.75, 3.05) is 7.11 Å². The molecule has 3 rings (SSSR count). The summed E-state index contributed by atoms with van der Waals surface area (Å²) >= 11 is 0. The first kappa shape index (κ1) is 23.8. The molecule has 30 heavy (non-hydrogen) atoms. The Bertz CT molecular complexity index is 935. The molecule has 1 aliphatic rings. The van der Waals surface area contributed by atoms with E-state index in [-0.39, 0.29) is 53.7 Å². The Kier molecular flexibility index (Phi) is 7.92. The predicted octanol–water partition coefficient (Wildman–Crippen LogP) is 3.93. The SMILES string of the molecule is COc1ccc([C@H](N[C@H](C)CC(N)=O)C2CC2)c(F)c1C(=O)c1cccc(F)c1.Cl. The Morgan fingerprint density at radius 1 is 1.23 bits per heavy atom. The van der Waals surface area contributed by atoms with Crippen molar-refractivity contribution in [2.24, 2.45) is 11.7 Å². The van der Waals surface area contributed by atoms with Crippen LogP contribution in [0.3, 0.4) is 0 Å². The lowest BCUT2D eigenvalue weighted by atomic mass is 9.94. The number of carbonyl (C=O) groups is 2. The molecule has 1 amide bonds. The number of primary amides is 1. The summed E-state index contributed by atoms with van der Waals surface area (Å²) in [7, 11) is 1.35. The lowest BCUT2D eigenvalue weighted by Crippen LogP contribution is -2.35. The number of halogens is 3. The minimum absolute atomic E-state index is 0. The van der Waals surface area contributed by atoms with E-state index < -0.39 is 23.3 Å². The van der Waals surface area contributed by atoms with Crippen molar-refractivity contribution in [3.63, 3.8) is 0 Å². The van der Waals surface area contributed by atoms with Crippen LogP contribution >= 0.6 is 12.4 Å². The van der Waals surface area contributed by atoms with E-state index in [9.17, 15) is 14.0 Å². The number of benzene rings is 2. The van der Waals surface area contributed by atoms with E-state index >= 15 is 4.39 Å². The third-order valence-electron chi connectivity index (χ3n) is 5.07. The Hall–Kier alpha value is -2.51. The first-order valence-electron chi connectivity index (χ1n) is 9.52. The molecular formula is C22H25ClF2N2O3. The molecule has 0 spiro atoms. The van der Waals surface area contributed by atoms with Crippen molar-refractivity contribution in [1.29, 1.82) is 0 Å². The molecule has 0 radical (unpaired) electrons. The van der Waals surface area contributed by atoms with E-state index in [1.807, 2.05) is 0 Å². The summed E-state index contributed by atoms with van der Waals surface area (Å²) in [6.07, 6.45) is 1.95. The smallest absolute Gasteiger partial charge is 0.218 e. The summed E-state index contributed by atoms with van der Waals surface area (Å²) in [5.41, 5.74) is 5.39. The molecule has 1 saturated carbocycles. The third-order valence-corrected chi connectivity index (χ3v) is 5.07. The average Bonchev–Trinajstić information content (AvgIpc) is 3.50. The summed E-state index contributed by atoms with van der Waals surface area (Å²) in [4.78, 5) is 24.2. The summed E-state index contributed by atoms with van der Waals surface area (Å²) in [6, 6.07) is 7.63. The molecule has 162 valence electrons. The van der Waals surface area contributed by atoms with Crippen LogP contribution in [0.4, 0.5) is 8.78 Å². The van der Waals surface area contributed by atoms with Crippen molar-refractivity contribution in [1.82, 2.24) is 5.32 Å². The number of hydrogen-bond donors (Lipinski definition) is 2. The average molecular weight is 439 g/mol. The van der Waals surface area contributed by atoms with E-state index in [1.54, 1.807) is 19.1 Å². The molecule has 0 aliphatic heterocycles. The Labute approximate surface area is 180 Å². The summed E-state index contributed by atoms with van der Waals surface area (Å²) < 4.78 is 34.4. The maximum absolute atomic E-state index is 15.6. The van der Waals surface area contributed by atoms with Crippen LogP contribution < -0.4 is 15.8 Å². The third kappa shape index (κ3) is 5.34. The maximum Gasteiger partial charge on any atom is 0.218 e. The normalized spacial score (nSPS) is 15.1. The zero-order valence-corrected chi connectivity index (χ0v) is 17.6. The van der Waals surface area contributed by atoms with Crippen LogP contribution in [0.1, 0.15) is 53.7 Å². The van der Waals surface area contributed by atoms with Gasteiger partial charge in [0, 0.05) is 29.6 Å². The van der Waals surface area contributed by atoms with Gasteiger partial charge in [-0.1, -0.05) is 18.2 Å². The van der Waals surface area contributed by atoms with E-state index in [4.69, 9.17) is 10.5 Å². The van der Waals surface area contributed by atoms with Crippen molar-refractivity contribution >= 4 is 24.1 Å². The molecule has 3 N–H and O–H groups in total. The second-order valence-corrected chi connectivity index (χ2v) is 7.44. The summed E-state index contributed by atoms with van der Waals surface area (Å²) in [5, 5.41) is 3.27. The van der Waals surface area contributed by atoms with E-state index in [2.05, 4.69) is 5.32 Å². The fraction of sp³-hybridized carbons (Fsp3) is 0.364. The lowest BCUT2D eigenvalue weighted by Gasteiger charge is -2.25. The number of ketones is 1. The fourth-order valence-electron chi connectivity index (χ4n) is 3.55. The van der Waals surface area contributed by atoms with Crippen LogP contribution in [-0.4, -0.2) is 24.8 Å². The zero-order chi connectivity index (χ0) is 21.1. The Morgan fingerprint density at radius 3 is 2.50 bits per heavy atom. The van der Waals surface area contributed by atoms with E-state index in [0.29, 0.717) is 5.56 Å². The lowest BCUT2D eigenvalue weighted by molar-refractivity contribution is -0.118. The van der Waals surface area contributed by atoms with E-state index in [0.717, 1.165) is 18.9 Å². The zero-order valence-electron chi connectivity index (χ0n) is 16.8. The van der Waals surface area contributed by atoms with Gasteiger partial charge in [-0.05, 0) is 43.9 Å². The van der Waals surface area contributed by atoms with Crippen LogP contribution in [0.5, 0.6) is 5.75 Å². The number of methoxy groups -OCH3 is 1. The molecule has 2 aromatic carbocycles. The van der Waals surface area contributed by atoms with Gasteiger partial charge < -0.3 is 15.8 Å². The van der Waals surface area contributed by atoms with Crippen LogP contribution in [0.25, 0.3) is 0 Å². The Morgan fingerprint density at radius 2 is 1.93 bits per heavy atom. The van der Waals surface area contributed by atoms with Gasteiger partial charge in [0.1, 0.15) is 22.9 Å². The van der Waals surface area contributed by atoms with Crippen molar-refractivity contribution < 1.29 is 23.1 Å². The number of amides is 1. The Balaban J connectivity index is 0.00000320. The monoisotopic (exact) mass is 438 g/mol. The summed E-state index contributed by atoms with van der Waals surface area (Å²) in [5.74, 6) is -2.10. The van der Waals surface area contributed by atoms with E-state index in [1.165, 1.54) is 25.3 Å². The van der Waals surface area contributed by atoms with Gasteiger partial charge in [-0.25, -0.2) is 8.78 Å². The first-order valence-corrected chi connectivity index (χ1v) is 9.52. The largest absolute Gasteiger partial charge is 0.496 e. The number of rotatable bonds is 9. The molecule has 0 unspecified atom stereocenters. The molecule has 2 aromatic rings. The van der Waals surface area contributed by atoms with Crippen LogP contribution in [0.15, 0.2) is 36.4 Å². The van der Waals surface area contributed by atoms with Gasteiger partial charge in [-0.2, -0.15) is 0 Å². The molecule has 0 aromatic heterocycles. The minimum atomic E-state index is -0.700. The van der Waals surface area contributed by atoms with Crippen LogP contribution in [0, 0.1) is 17.6 Å². The number of carbonyl (C=O) groups excluding carboxylic acids is 2. The predicted molar refractivity (Wildman–Crippen MR) is 112 cm³/mol. The van der Waals surface area contributed by atoms with Gasteiger partial charge in [0.25, 0.3) is 0 Å². The van der Waals surface area contributed by atoms with Crippen LogP contribution in [-0.2, 0) is 4.79 Å². The van der Waals surface area contributed by atoms with Crippen molar-refractivity contribution in [3.8, 4) is 5.75 Å². The highest BCUT2D eigenvalue weighted by molar-refractivity contribution is 6.11. The number of hydrogen-bond acceptors (Lipinski definition) is 4. The molecule has 0 bridgehead atoms. The van der Waals surface area contributed by atoms with Crippen molar-refractivity contribution in [3.05, 3.63) is 64.7 Å². The highest BCUT2D eigenvalue weighted by atomic mass is 35.5. The quantitative estimate of drug-likeness (QED) is 0.581. The molecule has 8 heteroatoms. The number of ether oxygens (including phenoxy) is 1. The standard InChI is InChI=1S/C22H24F2N2O3.ClH/c1-12(10-18(25)27)26-21(13-6-7-13)16-8-9-17(29-2)19(20(16)24)22(28)14-4-3-5-15(23)11-14;/h3-5,8-9,11-13,21,26H,6-7,10H2,1-2H3,(H2,25,27);1H/t12-,21-;/m1./s1. The molecule has 0 heterocycles. The maximum atomic E-state index is 15.6. The highest BCUT2D eigenvalue weighted by Gasteiger charge is 2.36. The van der Waals surface area contributed by atoms with Crippen molar-refractivity contribution in [2.45, 2.75) is 38.3 Å². The molecule has 1 aliphatic carbocycles. The van der Waals surface area contributed by atoms with Gasteiger partial charge in [-0.15, -0.1) is 12.4 Å². The molecular weight excluding hydrogens is 414 g/mol. The van der Waals surface area contributed by atoms with Gasteiger partial charge in [0.2, 0.25) is 5.91 Å². The second kappa shape index (κ2) is 10.00. The first-order chi connectivity index (χ1) is 13.8. The molecule has 0 saturated heterocycles. The van der Waals surface area contributed by atoms with Gasteiger partial charge in [0.15, 0.2) is 5.78 Å². The fourth-order valence-corrected chi connectivity index (χ4v) is 3.55.